The quantitative estimate of drug-likeness (QED) is 0.630. The topological polar surface area (TPSA) is 55.2 Å². The van der Waals surface area contributed by atoms with E-state index in [1.807, 2.05) is 0 Å². The highest BCUT2D eigenvalue weighted by atomic mass is 35.5. The molecule has 3 aromatic rings. The molecule has 0 radical (unpaired) electrons. The lowest BCUT2D eigenvalue weighted by Crippen LogP contribution is -2.22. The van der Waals surface area contributed by atoms with Crippen molar-refractivity contribution in [3.63, 3.8) is 0 Å². The Morgan fingerprint density at radius 1 is 1.14 bits per heavy atom. The third-order valence-corrected chi connectivity index (χ3v) is 4.56. The van der Waals surface area contributed by atoms with Crippen LogP contribution in [0.3, 0.4) is 0 Å². The smallest absolute Gasteiger partial charge is 0.345 e. The second-order valence-corrected chi connectivity index (χ2v) is 6.80. The van der Waals surface area contributed by atoms with Gasteiger partial charge in [0.1, 0.15) is 0 Å². The summed E-state index contributed by atoms with van der Waals surface area (Å²) in [5.74, 6) is -1.33. The minimum Gasteiger partial charge on any atom is -0.345 e. The van der Waals surface area contributed by atoms with Crippen molar-refractivity contribution in [1.29, 1.82) is 0 Å². The molecular formula is C19H15ClF3N3O2. The van der Waals surface area contributed by atoms with Gasteiger partial charge in [-0.05, 0) is 31.2 Å². The standard InChI is InChI=1S/C19H15ClF3N3O2/c1-10-12-8-7-11(17(27)25(2)3)9-15(12)26(24-10)18(28)16-13(19(21,22)23)5-4-6-14(16)20/h4-9H,1-3H3. The first-order valence-electron chi connectivity index (χ1n) is 8.14. The summed E-state index contributed by atoms with van der Waals surface area (Å²) in [6.07, 6.45) is -4.76. The van der Waals surface area contributed by atoms with E-state index < -0.39 is 23.2 Å². The highest BCUT2D eigenvalue weighted by Gasteiger charge is 2.37. The number of hydrogen-bond donors (Lipinski definition) is 0. The van der Waals surface area contributed by atoms with Crippen molar-refractivity contribution < 1.29 is 22.8 Å². The van der Waals surface area contributed by atoms with E-state index in [0.29, 0.717) is 11.1 Å². The Morgan fingerprint density at radius 2 is 1.82 bits per heavy atom. The number of benzene rings is 2. The van der Waals surface area contributed by atoms with E-state index in [1.54, 1.807) is 33.2 Å². The molecule has 0 fully saturated rings. The van der Waals surface area contributed by atoms with Crippen LogP contribution in [0.2, 0.25) is 5.02 Å². The van der Waals surface area contributed by atoms with Crippen molar-refractivity contribution in [1.82, 2.24) is 14.7 Å². The van der Waals surface area contributed by atoms with Gasteiger partial charge in [0.2, 0.25) is 0 Å². The van der Waals surface area contributed by atoms with Crippen molar-refractivity contribution in [2.75, 3.05) is 14.1 Å². The minimum atomic E-state index is -4.76. The van der Waals surface area contributed by atoms with E-state index in [-0.39, 0.29) is 22.0 Å². The van der Waals surface area contributed by atoms with E-state index in [0.717, 1.165) is 16.8 Å². The zero-order chi connectivity index (χ0) is 20.8. The number of amides is 1. The molecule has 146 valence electrons. The molecule has 0 saturated carbocycles. The number of halogens is 4. The largest absolute Gasteiger partial charge is 0.417 e. The van der Waals surface area contributed by atoms with Crippen LogP contribution in [-0.4, -0.2) is 40.6 Å². The average Bonchev–Trinajstić information content (AvgIpc) is 2.95. The van der Waals surface area contributed by atoms with Gasteiger partial charge in [-0.3, -0.25) is 9.59 Å². The number of carbonyl (C=O) groups excluding carboxylic acids is 2. The van der Waals surface area contributed by atoms with Gasteiger partial charge in [0.05, 0.1) is 27.4 Å². The molecule has 2 aromatic carbocycles. The Bertz CT molecular complexity index is 1100. The van der Waals surface area contributed by atoms with Crippen molar-refractivity contribution in [2.24, 2.45) is 0 Å². The molecule has 0 aliphatic carbocycles. The normalized spacial score (nSPS) is 11.7. The Hall–Kier alpha value is -2.87. The maximum absolute atomic E-state index is 13.4. The SMILES string of the molecule is Cc1nn(C(=O)c2c(Cl)cccc2C(F)(F)F)c2cc(C(=O)N(C)C)ccc12. The molecule has 28 heavy (non-hydrogen) atoms. The first-order chi connectivity index (χ1) is 13.0. The van der Waals surface area contributed by atoms with Crippen LogP contribution in [0, 0.1) is 6.92 Å². The number of carbonyl (C=O) groups is 2. The molecule has 1 amide bonds. The average molecular weight is 410 g/mol. The molecule has 1 heterocycles. The summed E-state index contributed by atoms with van der Waals surface area (Å²) in [5.41, 5.74) is -0.894. The molecule has 9 heteroatoms. The van der Waals surface area contributed by atoms with Crippen molar-refractivity contribution in [3.05, 3.63) is 63.8 Å². The van der Waals surface area contributed by atoms with Crippen LogP contribution in [-0.2, 0) is 6.18 Å². The zero-order valence-electron chi connectivity index (χ0n) is 15.1. The van der Waals surface area contributed by atoms with Crippen LogP contribution in [0.4, 0.5) is 13.2 Å². The van der Waals surface area contributed by atoms with Crippen LogP contribution in [0.25, 0.3) is 10.9 Å². The lowest BCUT2D eigenvalue weighted by molar-refractivity contribution is -0.137. The van der Waals surface area contributed by atoms with Gasteiger partial charge in [-0.15, -0.1) is 0 Å². The summed E-state index contributed by atoms with van der Waals surface area (Å²) in [6, 6.07) is 7.74. The molecule has 0 saturated heterocycles. The number of rotatable bonds is 2. The summed E-state index contributed by atoms with van der Waals surface area (Å²) in [7, 11) is 3.14. The van der Waals surface area contributed by atoms with Crippen LogP contribution < -0.4 is 0 Å². The van der Waals surface area contributed by atoms with Crippen molar-refractivity contribution in [2.45, 2.75) is 13.1 Å². The van der Waals surface area contributed by atoms with E-state index >= 15 is 0 Å². The van der Waals surface area contributed by atoms with E-state index in [9.17, 15) is 22.8 Å². The van der Waals surface area contributed by atoms with Gasteiger partial charge in [-0.25, -0.2) is 0 Å². The van der Waals surface area contributed by atoms with E-state index in [2.05, 4.69) is 5.10 Å². The van der Waals surface area contributed by atoms with E-state index in [1.165, 1.54) is 17.0 Å². The number of alkyl halides is 3. The number of hydrogen-bond acceptors (Lipinski definition) is 3. The van der Waals surface area contributed by atoms with Gasteiger partial charge in [-0.1, -0.05) is 23.7 Å². The number of aromatic nitrogens is 2. The Balaban J connectivity index is 2.24. The van der Waals surface area contributed by atoms with Gasteiger partial charge in [0.15, 0.2) is 0 Å². The van der Waals surface area contributed by atoms with Crippen LogP contribution in [0.1, 0.15) is 32.0 Å². The van der Waals surface area contributed by atoms with Gasteiger partial charge in [-0.2, -0.15) is 23.0 Å². The summed E-state index contributed by atoms with van der Waals surface area (Å²) >= 11 is 5.94. The van der Waals surface area contributed by atoms with Gasteiger partial charge in [0.25, 0.3) is 11.8 Å². The summed E-state index contributed by atoms with van der Waals surface area (Å²) < 4.78 is 41.0. The number of nitrogens with zero attached hydrogens (tertiary/aromatic N) is 3. The van der Waals surface area contributed by atoms with Gasteiger partial charge >= 0.3 is 6.18 Å². The van der Waals surface area contributed by atoms with Gasteiger partial charge in [0, 0.05) is 25.0 Å². The third kappa shape index (κ3) is 3.35. The molecule has 3 rings (SSSR count). The molecule has 0 N–H and O–H groups in total. The van der Waals surface area contributed by atoms with E-state index in [4.69, 9.17) is 11.6 Å². The first kappa shape index (κ1) is 19.9. The highest BCUT2D eigenvalue weighted by molar-refractivity contribution is 6.34. The minimum absolute atomic E-state index is 0.225. The predicted molar refractivity (Wildman–Crippen MR) is 98.7 cm³/mol. The van der Waals surface area contributed by atoms with Crippen molar-refractivity contribution in [3.8, 4) is 0 Å². The molecule has 0 aliphatic rings. The molecule has 0 spiro atoms. The van der Waals surface area contributed by atoms with Crippen LogP contribution in [0.5, 0.6) is 0 Å². The third-order valence-electron chi connectivity index (χ3n) is 4.24. The monoisotopic (exact) mass is 409 g/mol. The second-order valence-electron chi connectivity index (χ2n) is 6.39. The molecule has 0 atom stereocenters. The van der Waals surface area contributed by atoms with Crippen LogP contribution in [0.15, 0.2) is 36.4 Å². The number of fused-ring (bicyclic) bond motifs is 1. The summed E-state index contributed by atoms with van der Waals surface area (Å²) in [4.78, 5) is 26.6. The zero-order valence-corrected chi connectivity index (χ0v) is 15.9. The van der Waals surface area contributed by atoms with Gasteiger partial charge < -0.3 is 4.90 Å². The molecule has 1 aromatic heterocycles. The predicted octanol–water partition coefficient (Wildman–Crippen LogP) is 4.41. The highest BCUT2D eigenvalue weighted by Crippen LogP contribution is 2.36. The summed E-state index contributed by atoms with van der Waals surface area (Å²) in [5, 5.41) is 4.31. The van der Waals surface area contributed by atoms with Crippen molar-refractivity contribution >= 4 is 34.3 Å². The molecule has 0 aliphatic heterocycles. The molecule has 0 bridgehead atoms. The molecule has 5 nitrogen and oxygen atoms in total. The first-order valence-corrected chi connectivity index (χ1v) is 8.51. The molecular weight excluding hydrogens is 395 g/mol. The Morgan fingerprint density at radius 3 is 2.43 bits per heavy atom. The molecule has 0 unspecified atom stereocenters. The lowest BCUT2D eigenvalue weighted by atomic mass is 10.1. The Labute approximate surface area is 163 Å². The fraction of sp³-hybridized carbons (Fsp3) is 0.211. The maximum atomic E-state index is 13.4. The fourth-order valence-corrected chi connectivity index (χ4v) is 3.16. The summed E-state index contributed by atoms with van der Waals surface area (Å²) in [6.45, 7) is 1.62. The maximum Gasteiger partial charge on any atom is 0.417 e. The second kappa shape index (κ2) is 6.94. The van der Waals surface area contributed by atoms with Crippen LogP contribution >= 0.6 is 11.6 Å². The lowest BCUT2D eigenvalue weighted by Gasteiger charge is -2.14. The fourth-order valence-electron chi connectivity index (χ4n) is 2.90. The Kier molecular flexibility index (Phi) is 4.93. The number of aryl methyl sites for hydroxylation is 1.